The molecule has 1 aliphatic heterocycles. The molecule has 0 radical (unpaired) electrons. The zero-order valence-corrected chi connectivity index (χ0v) is 7.61. The summed E-state index contributed by atoms with van der Waals surface area (Å²) in [6.07, 6.45) is 3.07. The molecular weight excluding hydrogens is 220 g/mol. The van der Waals surface area contributed by atoms with E-state index in [4.69, 9.17) is 46.9 Å². The summed E-state index contributed by atoms with van der Waals surface area (Å²) in [6, 6.07) is 0. The number of hydrogen-bond donors (Lipinski definition) is 0. The molecule has 0 aromatic carbocycles. The minimum atomic E-state index is -0.478. The van der Waals surface area contributed by atoms with Gasteiger partial charge in [0, 0.05) is 29.8 Å². The molecule has 1 unspecified atom stereocenters. The molecule has 0 aliphatic carbocycles. The molecule has 0 bridgehead atoms. The van der Waals surface area contributed by atoms with Crippen LogP contribution in [0.5, 0.6) is 0 Å². The number of rotatable bonds is 0. The molecule has 0 amide bonds. The topological polar surface area (TPSA) is 9.72 Å². The summed E-state index contributed by atoms with van der Waals surface area (Å²) < 4.78 is 3.05. The number of hydrogen-bond acceptors (Lipinski definition) is 3. The molecule has 1 rings (SSSR count). The first-order chi connectivity index (χ1) is 4.63. The van der Waals surface area contributed by atoms with Crippen LogP contribution in [0.3, 0.4) is 0 Å². The average molecular weight is 223 g/mol. The first-order valence-corrected chi connectivity index (χ1v) is 3.76. The lowest BCUT2D eigenvalue weighted by Crippen LogP contribution is -2.41. The SMILES string of the molecule is ClC1C=CN(Cl)N(Cl)N1Cl. The Balaban J connectivity index is 2.69. The van der Waals surface area contributed by atoms with E-state index in [2.05, 4.69) is 0 Å². The van der Waals surface area contributed by atoms with Crippen molar-refractivity contribution in [3.63, 3.8) is 0 Å². The predicted molar refractivity (Wildman–Crippen MR) is 41.9 cm³/mol. The average Bonchev–Trinajstić information content (AvgIpc) is 1.93. The first-order valence-electron chi connectivity index (χ1n) is 2.31. The Bertz CT molecular complexity index is 135. The molecule has 1 aliphatic rings. The number of nitrogens with zero attached hydrogens (tertiary/aromatic N) is 3. The van der Waals surface area contributed by atoms with E-state index < -0.39 is 5.50 Å². The molecule has 0 fully saturated rings. The van der Waals surface area contributed by atoms with Crippen LogP contribution in [-0.2, 0) is 0 Å². The summed E-state index contributed by atoms with van der Waals surface area (Å²) >= 11 is 22.1. The number of halogens is 4. The molecule has 7 heteroatoms. The van der Waals surface area contributed by atoms with Crippen molar-refractivity contribution in [2.75, 3.05) is 0 Å². The fourth-order valence-corrected chi connectivity index (χ4v) is 1.09. The monoisotopic (exact) mass is 221 g/mol. The summed E-state index contributed by atoms with van der Waals surface area (Å²) in [4.78, 5) is 0. The van der Waals surface area contributed by atoms with E-state index in [1.54, 1.807) is 6.08 Å². The van der Waals surface area contributed by atoms with Crippen LogP contribution in [0.15, 0.2) is 12.3 Å². The van der Waals surface area contributed by atoms with Crippen molar-refractivity contribution >= 4 is 46.9 Å². The summed E-state index contributed by atoms with van der Waals surface area (Å²) in [6.45, 7) is 0. The van der Waals surface area contributed by atoms with Crippen LogP contribution >= 0.6 is 46.9 Å². The van der Waals surface area contributed by atoms with Crippen LogP contribution in [0.1, 0.15) is 0 Å². The van der Waals surface area contributed by atoms with Crippen molar-refractivity contribution < 1.29 is 0 Å². The van der Waals surface area contributed by atoms with Gasteiger partial charge in [0.05, 0.1) is 0 Å². The van der Waals surface area contributed by atoms with Crippen LogP contribution < -0.4 is 0 Å². The van der Waals surface area contributed by atoms with Gasteiger partial charge in [0.15, 0.2) is 0 Å². The largest absolute Gasteiger partial charge is 0.193 e. The Morgan fingerprint density at radius 3 is 2.30 bits per heavy atom. The maximum Gasteiger partial charge on any atom is 0.138 e. The Morgan fingerprint density at radius 2 is 1.80 bits per heavy atom. The summed E-state index contributed by atoms with van der Waals surface area (Å²) in [5.41, 5.74) is -0.478. The molecule has 1 heterocycles. The van der Waals surface area contributed by atoms with Crippen molar-refractivity contribution in [1.82, 2.24) is 13.7 Å². The maximum atomic E-state index is 5.62. The third kappa shape index (κ3) is 1.61. The van der Waals surface area contributed by atoms with Gasteiger partial charge >= 0.3 is 0 Å². The van der Waals surface area contributed by atoms with E-state index in [0.717, 1.165) is 13.7 Å². The van der Waals surface area contributed by atoms with Crippen molar-refractivity contribution in [1.29, 1.82) is 0 Å². The van der Waals surface area contributed by atoms with E-state index in [-0.39, 0.29) is 0 Å². The van der Waals surface area contributed by atoms with Crippen LogP contribution in [0.25, 0.3) is 0 Å². The fourth-order valence-electron chi connectivity index (χ4n) is 0.441. The van der Waals surface area contributed by atoms with Crippen molar-refractivity contribution in [3.8, 4) is 0 Å². The normalized spacial score (nSPS) is 29.6. The fraction of sp³-hybridized carbons (Fsp3) is 0.333. The Morgan fingerprint density at radius 1 is 1.20 bits per heavy atom. The highest BCUT2D eigenvalue weighted by Gasteiger charge is 2.25. The highest BCUT2D eigenvalue weighted by molar-refractivity contribution is 6.28. The quantitative estimate of drug-likeness (QED) is 0.354. The minimum absolute atomic E-state index is 0.478. The van der Waals surface area contributed by atoms with Crippen LogP contribution in [0.2, 0.25) is 0 Å². The van der Waals surface area contributed by atoms with Crippen molar-refractivity contribution in [2.45, 2.75) is 5.50 Å². The van der Waals surface area contributed by atoms with Gasteiger partial charge in [-0.05, 0) is 22.5 Å². The van der Waals surface area contributed by atoms with Crippen molar-refractivity contribution in [2.24, 2.45) is 0 Å². The molecule has 0 spiro atoms. The summed E-state index contributed by atoms with van der Waals surface area (Å²) in [5.74, 6) is 0. The molecule has 0 saturated carbocycles. The predicted octanol–water partition coefficient (Wildman–Crippen LogP) is 2.28. The third-order valence-electron chi connectivity index (χ3n) is 0.887. The molecule has 1 atom stereocenters. The van der Waals surface area contributed by atoms with Gasteiger partial charge in [-0.3, -0.25) is 0 Å². The van der Waals surface area contributed by atoms with E-state index in [1.165, 1.54) is 6.20 Å². The van der Waals surface area contributed by atoms with Gasteiger partial charge in [0.25, 0.3) is 0 Å². The Labute approximate surface area is 78.5 Å². The van der Waals surface area contributed by atoms with Crippen LogP contribution in [-0.4, -0.2) is 19.2 Å². The van der Waals surface area contributed by atoms with Crippen molar-refractivity contribution in [3.05, 3.63) is 12.3 Å². The second-order valence-electron chi connectivity index (χ2n) is 1.53. The molecule has 0 aromatic heterocycles. The molecule has 0 aromatic rings. The molecule has 58 valence electrons. The van der Waals surface area contributed by atoms with Gasteiger partial charge in [0.1, 0.15) is 5.50 Å². The van der Waals surface area contributed by atoms with Gasteiger partial charge in [-0.25, -0.2) is 0 Å². The van der Waals surface area contributed by atoms with Gasteiger partial charge in [-0.15, -0.1) is 0 Å². The van der Waals surface area contributed by atoms with Crippen LogP contribution in [0.4, 0.5) is 0 Å². The molecular formula is C3H3Cl4N3. The molecule has 10 heavy (non-hydrogen) atoms. The first kappa shape index (κ1) is 8.71. The molecule has 3 nitrogen and oxygen atoms in total. The van der Waals surface area contributed by atoms with E-state index in [1.807, 2.05) is 0 Å². The zero-order valence-electron chi connectivity index (χ0n) is 4.59. The molecule has 0 saturated heterocycles. The second kappa shape index (κ2) is 3.34. The van der Waals surface area contributed by atoms with E-state index in [0.29, 0.717) is 0 Å². The van der Waals surface area contributed by atoms with Gasteiger partial charge in [-0.2, -0.15) is 4.53 Å². The number of alkyl halides is 1. The number of hydrazine groups is 2. The Hall–Kier alpha value is 0.620. The lowest BCUT2D eigenvalue weighted by atomic mass is 10.6. The summed E-state index contributed by atoms with van der Waals surface area (Å²) in [7, 11) is 0. The van der Waals surface area contributed by atoms with Crippen LogP contribution in [0, 0.1) is 0 Å². The van der Waals surface area contributed by atoms with Gasteiger partial charge in [0.2, 0.25) is 0 Å². The lowest BCUT2D eigenvalue weighted by Gasteiger charge is -2.31. The third-order valence-corrected chi connectivity index (χ3v) is 2.41. The summed E-state index contributed by atoms with van der Waals surface area (Å²) in [5, 5.41) is 0. The highest BCUT2D eigenvalue weighted by atomic mass is 35.5. The second-order valence-corrected chi connectivity index (χ2v) is 2.97. The van der Waals surface area contributed by atoms with E-state index in [9.17, 15) is 0 Å². The maximum absolute atomic E-state index is 5.62. The smallest absolute Gasteiger partial charge is 0.138 e. The zero-order chi connectivity index (χ0) is 7.72. The Kier molecular flexibility index (Phi) is 2.91. The standard InChI is InChI=1S/C3H3Cl4N3/c4-3-1-2-8(5)10(7)9(3)6/h1-3H. The van der Waals surface area contributed by atoms with E-state index >= 15 is 0 Å². The van der Waals surface area contributed by atoms with Gasteiger partial charge < -0.3 is 0 Å². The van der Waals surface area contributed by atoms with Gasteiger partial charge in [-0.1, -0.05) is 16.1 Å². The highest BCUT2D eigenvalue weighted by Crippen LogP contribution is 2.24. The minimum Gasteiger partial charge on any atom is -0.193 e. The molecule has 0 N–H and O–H groups in total. The lowest BCUT2D eigenvalue weighted by molar-refractivity contribution is 0.0358.